The molecule has 4 aromatic rings. The number of pyridine rings is 1. The van der Waals surface area contributed by atoms with Gasteiger partial charge in [-0.15, -0.1) is 0 Å². The monoisotopic (exact) mass is 419 g/mol. The van der Waals surface area contributed by atoms with Gasteiger partial charge in [0.2, 0.25) is 0 Å². The van der Waals surface area contributed by atoms with Crippen LogP contribution in [0.15, 0.2) is 41.8 Å². The van der Waals surface area contributed by atoms with Crippen LogP contribution in [-0.2, 0) is 19.4 Å². The van der Waals surface area contributed by atoms with E-state index in [4.69, 9.17) is 4.98 Å². The molecule has 2 N–H and O–H groups in total. The largest absolute Gasteiger partial charge is 0.364 e. The molecule has 4 aromatic heterocycles. The molecular formula is C22H25N7S. The lowest BCUT2D eigenvalue weighted by atomic mass is 9.76. The predicted octanol–water partition coefficient (Wildman–Crippen LogP) is 4.36. The minimum absolute atomic E-state index is 0.313. The molecule has 5 rings (SSSR count). The highest BCUT2D eigenvalue weighted by atomic mass is 32.2. The molecule has 0 atom stereocenters. The first-order chi connectivity index (χ1) is 14.5. The lowest BCUT2D eigenvalue weighted by Crippen LogP contribution is -2.22. The van der Waals surface area contributed by atoms with Crippen LogP contribution >= 0.6 is 11.8 Å². The van der Waals surface area contributed by atoms with Crippen molar-refractivity contribution in [2.45, 2.75) is 44.8 Å². The summed E-state index contributed by atoms with van der Waals surface area (Å²) < 4.78 is 2.02. The van der Waals surface area contributed by atoms with Gasteiger partial charge in [-0.2, -0.15) is 5.10 Å². The SMILES string of the molecule is CSc1nc(NCc2cn3ccccc3n2)cc(-c2n[nH]c3c2CCC(C)(C)C3)n1. The molecule has 0 bridgehead atoms. The van der Waals surface area contributed by atoms with Crippen molar-refractivity contribution in [1.29, 1.82) is 0 Å². The molecule has 0 aromatic carbocycles. The van der Waals surface area contributed by atoms with Crippen LogP contribution in [0.4, 0.5) is 5.82 Å². The van der Waals surface area contributed by atoms with E-state index in [9.17, 15) is 0 Å². The second-order valence-corrected chi connectivity index (χ2v) is 9.32. The van der Waals surface area contributed by atoms with Crippen molar-refractivity contribution in [3.63, 3.8) is 0 Å². The van der Waals surface area contributed by atoms with Gasteiger partial charge in [0.05, 0.1) is 17.9 Å². The van der Waals surface area contributed by atoms with Crippen molar-refractivity contribution in [1.82, 2.24) is 29.5 Å². The van der Waals surface area contributed by atoms with Crippen LogP contribution in [0.5, 0.6) is 0 Å². The number of aromatic amines is 1. The van der Waals surface area contributed by atoms with E-state index in [0.717, 1.165) is 53.0 Å². The summed E-state index contributed by atoms with van der Waals surface area (Å²) in [6.45, 7) is 5.22. The van der Waals surface area contributed by atoms with Gasteiger partial charge in [-0.1, -0.05) is 31.7 Å². The number of hydrogen-bond acceptors (Lipinski definition) is 6. The Labute approximate surface area is 179 Å². The normalized spacial score (nSPS) is 15.3. The van der Waals surface area contributed by atoms with Crippen molar-refractivity contribution in [2.24, 2.45) is 5.41 Å². The molecule has 7 nitrogen and oxygen atoms in total. The molecule has 0 amide bonds. The second-order valence-electron chi connectivity index (χ2n) is 8.55. The summed E-state index contributed by atoms with van der Waals surface area (Å²) in [5.74, 6) is 0.786. The van der Waals surface area contributed by atoms with E-state index in [-0.39, 0.29) is 0 Å². The minimum Gasteiger partial charge on any atom is -0.364 e. The smallest absolute Gasteiger partial charge is 0.189 e. The zero-order chi connectivity index (χ0) is 20.7. The molecule has 154 valence electrons. The Kier molecular flexibility index (Phi) is 4.73. The molecule has 0 saturated heterocycles. The van der Waals surface area contributed by atoms with Crippen LogP contribution in [0.1, 0.15) is 37.2 Å². The number of thioether (sulfide) groups is 1. The molecule has 0 fully saturated rings. The topological polar surface area (TPSA) is 83.8 Å². The van der Waals surface area contributed by atoms with Gasteiger partial charge in [0, 0.05) is 29.7 Å². The van der Waals surface area contributed by atoms with Gasteiger partial charge in [-0.3, -0.25) is 5.10 Å². The maximum absolute atomic E-state index is 4.74. The third kappa shape index (κ3) is 3.67. The van der Waals surface area contributed by atoms with Gasteiger partial charge >= 0.3 is 0 Å². The molecule has 0 spiro atoms. The van der Waals surface area contributed by atoms with Gasteiger partial charge in [0.1, 0.15) is 17.2 Å². The van der Waals surface area contributed by atoms with Crippen molar-refractivity contribution < 1.29 is 0 Å². The molecule has 0 unspecified atom stereocenters. The molecule has 0 radical (unpaired) electrons. The van der Waals surface area contributed by atoms with Crippen molar-refractivity contribution in [3.05, 3.63) is 53.6 Å². The minimum atomic E-state index is 0.313. The number of rotatable bonds is 5. The first kappa shape index (κ1) is 19.1. The summed E-state index contributed by atoms with van der Waals surface area (Å²) in [6, 6.07) is 7.98. The number of hydrogen-bond donors (Lipinski definition) is 2. The lowest BCUT2D eigenvalue weighted by molar-refractivity contribution is 0.312. The summed E-state index contributed by atoms with van der Waals surface area (Å²) in [5.41, 5.74) is 6.57. The molecule has 4 heterocycles. The summed E-state index contributed by atoms with van der Waals surface area (Å²) in [6.07, 6.45) is 9.24. The van der Waals surface area contributed by atoms with Crippen molar-refractivity contribution in [2.75, 3.05) is 11.6 Å². The van der Waals surface area contributed by atoms with Gasteiger partial charge in [-0.05, 0) is 43.1 Å². The van der Waals surface area contributed by atoms with Crippen LogP contribution in [0.2, 0.25) is 0 Å². The fraction of sp³-hybridized carbons (Fsp3) is 0.364. The molecule has 0 saturated carbocycles. The van der Waals surface area contributed by atoms with Crippen LogP contribution in [0, 0.1) is 5.41 Å². The summed E-state index contributed by atoms with van der Waals surface area (Å²) in [4.78, 5) is 14.0. The zero-order valence-corrected chi connectivity index (χ0v) is 18.3. The van der Waals surface area contributed by atoms with E-state index < -0.39 is 0 Å². The molecule has 30 heavy (non-hydrogen) atoms. The number of anilines is 1. The third-order valence-electron chi connectivity index (χ3n) is 5.66. The summed E-state index contributed by atoms with van der Waals surface area (Å²) in [5, 5.41) is 12.0. The zero-order valence-electron chi connectivity index (χ0n) is 17.4. The van der Waals surface area contributed by atoms with E-state index in [1.165, 1.54) is 23.0 Å². The number of nitrogens with zero attached hydrogens (tertiary/aromatic N) is 5. The lowest BCUT2D eigenvalue weighted by Gasteiger charge is -2.29. The predicted molar refractivity (Wildman–Crippen MR) is 120 cm³/mol. The standard InChI is InChI=1S/C22H25N7S/c1-22(2)8-7-15-17(11-22)27-28-20(15)16-10-18(26-21(25-16)30-3)23-12-14-13-29-9-5-4-6-19(29)24-14/h4-6,9-10,13H,7-8,11-12H2,1-3H3,(H,27,28)(H,23,25,26). The number of imidazole rings is 1. The van der Waals surface area contributed by atoms with E-state index in [0.29, 0.717) is 12.0 Å². The van der Waals surface area contributed by atoms with Crippen LogP contribution < -0.4 is 5.32 Å². The van der Waals surface area contributed by atoms with Gasteiger partial charge in [0.25, 0.3) is 0 Å². The van der Waals surface area contributed by atoms with E-state index in [1.807, 2.05) is 47.3 Å². The number of aromatic nitrogens is 6. The molecular weight excluding hydrogens is 394 g/mol. The van der Waals surface area contributed by atoms with E-state index in [1.54, 1.807) is 0 Å². The maximum atomic E-state index is 4.74. The average Bonchev–Trinajstić information content (AvgIpc) is 3.34. The summed E-state index contributed by atoms with van der Waals surface area (Å²) >= 11 is 1.54. The van der Waals surface area contributed by atoms with Gasteiger partial charge < -0.3 is 9.72 Å². The highest BCUT2D eigenvalue weighted by Gasteiger charge is 2.29. The van der Waals surface area contributed by atoms with Crippen molar-refractivity contribution in [3.8, 4) is 11.4 Å². The number of fused-ring (bicyclic) bond motifs is 2. The van der Waals surface area contributed by atoms with Crippen molar-refractivity contribution >= 4 is 23.2 Å². The highest BCUT2D eigenvalue weighted by Crippen LogP contribution is 2.37. The average molecular weight is 420 g/mol. The first-order valence-corrected chi connectivity index (χ1v) is 11.4. The molecule has 8 heteroatoms. The molecule has 0 aliphatic heterocycles. The first-order valence-electron chi connectivity index (χ1n) is 10.2. The quantitative estimate of drug-likeness (QED) is 0.369. The van der Waals surface area contributed by atoms with Crippen LogP contribution in [0.3, 0.4) is 0 Å². The third-order valence-corrected chi connectivity index (χ3v) is 6.20. The summed E-state index contributed by atoms with van der Waals surface area (Å²) in [7, 11) is 0. The molecule has 1 aliphatic carbocycles. The van der Waals surface area contributed by atoms with Gasteiger partial charge in [-0.25, -0.2) is 15.0 Å². The fourth-order valence-corrected chi connectivity index (χ4v) is 4.42. The number of H-pyrrole nitrogens is 1. The molecule has 1 aliphatic rings. The second kappa shape index (κ2) is 7.43. The van der Waals surface area contributed by atoms with Crippen LogP contribution in [-0.4, -0.2) is 35.8 Å². The Balaban J connectivity index is 1.42. The fourth-order valence-electron chi connectivity index (χ4n) is 4.04. The van der Waals surface area contributed by atoms with Crippen LogP contribution in [0.25, 0.3) is 17.0 Å². The Hall–Kier alpha value is -2.87. The Morgan fingerprint density at radius 3 is 2.97 bits per heavy atom. The number of nitrogens with one attached hydrogen (secondary N) is 2. The maximum Gasteiger partial charge on any atom is 0.189 e. The van der Waals surface area contributed by atoms with E-state index in [2.05, 4.69) is 39.3 Å². The van der Waals surface area contributed by atoms with Gasteiger partial charge in [0.15, 0.2) is 5.16 Å². The Morgan fingerprint density at radius 1 is 1.23 bits per heavy atom. The van der Waals surface area contributed by atoms with E-state index >= 15 is 0 Å². The Bertz CT molecular complexity index is 1170. The highest BCUT2D eigenvalue weighted by molar-refractivity contribution is 7.98. The Morgan fingerprint density at radius 2 is 2.13 bits per heavy atom.